The van der Waals surface area contributed by atoms with Gasteiger partial charge in [-0.2, -0.15) is 11.3 Å². The molecule has 1 unspecified atom stereocenters. The number of carbonyl (C=O) groups excluding carboxylic acids is 1. The van der Waals surface area contributed by atoms with Gasteiger partial charge in [-0.25, -0.2) is 0 Å². The highest BCUT2D eigenvalue weighted by Crippen LogP contribution is 2.29. The molecule has 0 spiro atoms. The summed E-state index contributed by atoms with van der Waals surface area (Å²) in [7, 11) is 0. The topological polar surface area (TPSA) is 72.1 Å². The molecule has 0 bridgehead atoms. The summed E-state index contributed by atoms with van der Waals surface area (Å²) >= 11 is 4.95. The van der Waals surface area contributed by atoms with Gasteiger partial charge in [-0.05, 0) is 46.3 Å². The first kappa shape index (κ1) is 16.4. The van der Waals surface area contributed by atoms with Gasteiger partial charge in [0, 0.05) is 40.9 Å². The van der Waals surface area contributed by atoms with Crippen LogP contribution in [0.4, 0.5) is 0 Å². The third kappa shape index (κ3) is 3.50. The van der Waals surface area contributed by atoms with Crippen molar-refractivity contribution in [2.75, 3.05) is 13.1 Å². The van der Waals surface area contributed by atoms with Crippen molar-refractivity contribution in [3.05, 3.63) is 51.2 Å². The van der Waals surface area contributed by atoms with Crippen LogP contribution < -0.4 is 0 Å². The smallest absolute Gasteiger partial charge is 0.255 e. The van der Waals surface area contributed by atoms with Crippen LogP contribution in [0.15, 0.2) is 44.2 Å². The second-order valence-electron chi connectivity index (χ2n) is 5.94. The molecule has 0 N–H and O–H groups in total. The minimum absolute atomic E-state index is 0.0175. The third-order valence-electron chi connectivity index (χ3n) is 4.22. The summed E-state index contributed by atoms with van der Waals surface area (Å²) in [5.41, 5.74) is 1.52. The van der Waals surface area contributed by atoms with Crippen LogP contribution in [-0.2, 0) is 0 Å². The lowest BCUT2D eigenvalue weighted by atomic mass is 9.97. The van der Waals surface area contributed by atoms with Gasteiger partial charge < -0.3 is 9.32 Å². The summed E-state index contributed by atoms with van der Waals surface area (Å²) in [6.45, 7) is 1.31. The minimum atomic E-state index is -0.0175. The van der Waals surface area contributed by atoms with E-state index >= 15 is 0 Å². The van der Waals surface area contributed by atoms with Crippen LogP contribution in [0.1, 0.15) is 35.0 Å². The van der Waals surface area contributed by atoms with E-state index < -0.39 is 0 Å². The fraction of sp³-hybridized carbons (Fsp3) is 0.294. The van der Waals surface area contributed by atoms with Crippen LogP contribution in [0.25, 0.3) is 11.5 Å². The molecule has 0 radical (unpaired) electrons. The maximum absolute atomic E-state index is 12.7. The minimum Gasteiger partial charge on any atom is -0.420 e. The molecule has 3 aromatic heterocycles. The van der Waals surface area contributed by atoms with E-state index in [0.717, 1.165) is 29.4 Å². The number of halogens is 1. The van der Waals surface area contributed by atoms with Crippen molar-refractivity contribution in [3.63, 3.8) is 0 Å². The number of amides is 1. The lowest BCUT2D eigenvalue weighted by Crippen LogP contribution is -2.39. The van der Waals surface area contributed by atoms with E-state index in [9.17, 15) is 4.79 Å². The molecule has 128 valence electrons. The Morgan fingerprint density at radius 1 is 1.36 bits per heavy atom. The van der Waals surface area contributed by atoms with Gasteiger partial charge in [0.2, 0.25) is 11.8 Å². The fourth-order valence-electron chi connectivity index (χ4n) is 2.98. The SMILES string of the molecule is O=C(c1cncc(Br)c1)N1CCCC(c2nnc(-c3ccsc3)o2)C1. The van der Waals surface area contributed by atoms with E-state index in [0.29, 0.717) is 23.9 Å². The molecular weight excluding hydrogens is 404 g/mol. The number of rotatable bonds is 3. The van der Waals surface area contributed by atoms with E-state index in [2.05, 4.69) is 31.1 Å². The average Bonchev–Trinajstić information content (AvgIpc) is 3.32. The Hall–Kier alpha value is -2.06. The van der Waals surface area contributed by atoms with Crippen molar-refractivity contribution in [3.8, 4) is 11.5 Å². The highest BCUT2D eigenvalue weighted by molar-refractivity contribution is 9.10. The van der Waals surface area contributed by atoms with Crippen molar-refractivity contribution in [1.82, 2.24) is 20.1 Å². The van der Waals surface area contributed by atoms with Crippen molar-refractivity contribution in [2.24, 2.45) is 0 Å². The Morgan fingerprint density at radius 2 is 2.28 bits per heavy atom. The molecule has 25 heavy (non-hydrogen) atoms. The predicted octanol–water partition coefficient (Wildman–Crippen LogP) is 3.98. The largest absolute Gasteiger partial charge is 0.420 e. The van der Waals surface area contributed by atoms with Gasteiger partial charge in [0.15, 0.2) is 0 Å². The van der Waals surface area contributed by atoms with Gasteiger partial charge in [0.05, 0.1) is 11.5 Å². The van der Waals surface area contributed by atoms with Crippen molar-refractivity contribution >= 4 is 33.2 Å². The van der Waals surface area contributed by atoms with E-state index in [1.54, 1.807) is 29.8 Å². The molecule has 1 amide bonds. The number of pyridine rings is 1. The molecular formula is C17H15BrN4O2S. The standard InChI is InChI=1S/C17H15BrN4O2S/c18-14-6-13(7-19-8-14)17(23)22-4-1-2-11(9-22)15-20-21-16(24-15)12-3-5-25-10-12/h3,5-8,10-11H,1-2,4,9H2. The summed E-state index contributed by atoms with van der Waals surface area (Å²) in [6.07, 6.45) is 5.11. The number of piperidine rings is 1. The van der Waals surface area contributed by atoms with Crippen LogP contribution in [0.3, 0.4) is 0 Å². The first-order chi connectivity index (χ1) is 12.2. The van der Waals surface area contributed by atoms with E-state index in [1.165, 1.54) is 0 Å². The van der Waals surface area contributed by atoms with Crippen LogP contribution in [0.2, 0.25) is 0 Å². The average molecular weight is 419 g/mol. The first-order valence-electron chi connectivity index (χ1n) is 7.96. The third-order valence-corrected chi connectivity index (χ3v) is 5.34. The van der Waals surface area contributed by atoms with E-state index in [4.69, 9.17) is 4.42 Å². The molecule has 1 fully saturated rings. The monoisotopic (exact) mass is 418 g/mol. The molecule has 6 nitrogen and oxygen atoms in total. The first-order valence-corrected chi connectivity index (χ1v) is 9.70. The second-order valence-corrected chi connectivity index (χ2v) is 7.64. The van der Waals surface area contributed by atoms with Crippen LogP contribution in [0.5, 0.6) is 0 Å². The number of hydrogen-bond donors (Lipinski definition) is 0. The van der Waals surface area contributed by atoms with Gasteiger partial charge in [-0.15, -0.1) is 10.2 Å². The van der Waals surface area contributed by atoms with Crippen LogP contribution in [-0.4, -0.2) is 39.1 Å². The highest BCUT2D eigenvalue weighted by atomic mass is 79.9. The lowest BCUT2D eigenvalue weighted by Gasteiger charge is -2.31. The van der Waals surface area contributed by atoms with Crippen LogP contribution >= 0.6 is 27.3 Å². The number of nitrogens with zero attached hydrogens (tertiary/aromatic N) is 4. The van der Waals surface area contributed by atoms with E-state index in [-0.39, 0.29) is 11.8 Å². The quantitative estimate of drug-likeness (QED) is 0.642. The molecule has 0 aliphatic carbocycles. The maximum Gasteiger partial charge on any atom is 0.255 e. The van der Waals surface area contributed by atoms with Crippen molar-refractivity contribution < 1.29 is 9.21 Å². The summed E-state index contributed by atoms with van der Waals surface area (Å²) < 4.78 is 6.64. The van der Waals surface area contributed by atoms with Gasteiger partial charge >= 0.3 is 0 Å². The molecule has 1 aliphatic rings. The number of likely N-dealkylation sites (tertiary alicyclic amines) is 1. The van der Waals surface area contributed by atoms with Crippen molar-refractivity contribution in [2.45, 2.75) is 18.8 Å². The van der Waals surface area contributed by atoms with E-state index in [1.807, 2.05) is 21.7 Å². The summed E-state index contributed by atoms with van der Waals surface area (Å²) in [4.78, 5) is 18.6. The Morgan fingerprint density at radius 3 is 3.08 bits per heavy atom. The second kappa shape index (κ2) is 7.05. The number of carbonyl (C=O) groups is 1. The summed E-state index contributed by atoms with van der Waals surface area (Å²) in [5.74, 6) is 1.19. The maximum atomic E-state index is 12.7. The zero-order valence-electron chi connectivity index (χ0n) is 13.3. The van der Waals surface area contributed by atoms with Gasteiger partial charge in [0.1, 0.15) is 0 Å². The summed E-state index contributed by atoms with van der Waals surface area (Å²) in [5, 5.41) is 12.3. The molecule has 1 aliphatic heterocycles. The molecule has 1 atom stereocenters. The fourth-order valence-corrected chi connectivity index (χ4v) is 3.97. The Labute approximate surface area is 157 Å². The van der Waals surface area contributed by atoms with Gasteiger partial charge in [-0.3, -0.25) is 9.78 Å². The Kier molecular flexibility index (Phi) is 4.63. The zero-order chi connectivity index (χ0) is 17.2. The summed E-state index contributed by atoms with van der Waals surface area (Å²) in [6, 6.07) is 3.75. The van der Waals surface area contributed by atoms with Crippen LogP contribution in [0, 0.1) is 0 Å². The Balaban J connectivity index is 1.50. The molecule has 0 saturated carbocycles. The molecule has 4 rings (SSSR count). The van der Waals surface area contributed by atoms with Gasteiger partial charge in [-0.1, -0.05) is 0 Å². The molecule has 3 aromatic rings. The Bertz CT molecular complexity index is 880. The van der Waals surface area contributed by atoms with Gasteiger partial charge in [0.25, 0.3) is 5.91 Å². The molecule has 8 heteroatoms. The molecule has 0 aromatic carbocycles. The lowest BCUT2D eigenvalue weighted by molar-refractivity contribution is 0.0698. The van der Waals surface area contributed by atoms with Crippen molar-refractivity contribution in [1.29, 1.82) is 0 Å². The molecule has 4 heterocycles. The zero-order valence-corrected chi connectivity index (χ0v) is 15.7. The number of thiophene rings is 1. The highest BCUT2D eigenvalue weighted by Gasteiger charge is 2.29. The number of aromatic nitrogens is 3. The number of hydrogen-bond acceptors (Lipinski definition) is 6. The normalized spacial score (nSPS) is 17.6. The predicted molar refractivity (Wildman–Crippen MR) is 97.4 cm³/mol. The molecule has 1 saturated heterocycles.